The molecule has 30 heavy (non-hydrogen) atoms. The number of benzene rings is 2. The van der Waals surface area contributed by atoms with Crippen LogP contribution in [0.1, 0.15) is 73.2 Å². The van der Waals surface area contributed by atoms with Gasteiger partial charge in [0.1, 0.15) is 0 Å². The van der Waals surface area contributed by atoms with Gasteiger partial charge in [0.05, 0.1) is 16.8 Å². The number of aromatic nitrogens is 1. The molecule has 1 saturated carbocycles. The van der Waals surface area contributed by atoms with Gasteiger partial charge in [-0.3, -0.25) is 4.79 Å². The number of rotatable bonds is 3. The van der Waals surface area contributed by atoms with Crippen molar-refractivity contribution in [2.75, 3.05) is 13.1 Å². The van der Waals surface area contributed by atoms with E-state index < -0.39 is 0 Å². The van der Waals surface area contributed by atoms with Gasteiger partial charge >= 0.3 is 0 Å². The largest absolute Gasteiger partial charge is 0.339 e. The monoisotopic (exact) mass is 398 g/mol. The summed E-state index contributed by atoms with van der Waals surface area (Å²) in [6, 6.07) is 19.0. The van der Waals surface area contributed by atoms with E-state index in [1.807, 2.05) is 35.2 Å². The molecule has 2 aromatic carbocycles. The van der Waals surface area contributed by atoms with E-state index in [9.17, 15) is 4.79 Å². The van der Waals surface area contributed by atoms with Crippen molar-refractivity contribution in [3.63, 3.8) is 0 Å². The van der Waals surface area contributed by atoms with Crippen molar-refractivity contribution < 1.29 is 4.79 Å². The Morgan fingerprint density at radius 3 is 2.30 bits per heavy atom. The lowest BCUT2D eigenvalue weighted by atomic mass is 9.84. The van der Waals surface area contributed by atoms with Crippen LogP contribution < -0.4 is 0 Å². The van der Waals surface area contributed by atoms with Crippen LogP contribution in [0.4, 0.5) is 0 Å². The average molecular weight is 399 g/mol. The van der Waals surface area contributed by atoms with E-state index >= 15 is 0 Å². The summed E-state index contributed by atoms with van der Waals surface area (Å²) in [6.45, 7) is 1.72. The number of piperidine rings is 1. The highest BCUT2D eigenvalue weighted by molar-refractivity contribution is 6.07. The molecule has 2 aliphatic rings. The molecule has 0 bridgehead atoms. The molecule has 1 amide bonds. The summed E-state index contributed by atoms with van der Waals surface area (Å²) in [4.78, 5) is 20.3. The average Bonchev–Trinajstić information content (AvgIpc) is 2.84. The molecule has 5 rings (SSSR count). The Hall–Kier alpha value is -2.68. The molecule has 0 atom stereocenters. The van der Waals surface area contributed by atoms with Crippen LogP contribution >= 0.6 is 0 Å². The van der Waals surface area contributed by atoms with Crippen LogP contribution in [-0.4, -0.2) is 28.9 Å². The number of carbonyl (C=O) groups excluding carboxylic acids is 1. The summed E-state index contributed by atoms with van der Waals surface area (Å²) in [6.07, 6.45) is 10.1. The van der Waals surface area contributed by atoms with Crippen LogP contribution in [0.5, 0.6) is 0 Å². The first-order valence-electron chi connectivity index (χ1n) is 11.6. The van der Waals surface area contributed by atoms with E-state index in [1.165, 1.54) is 44.1 Å². The fraction of sp³-hybridized carbons (Fsp3) is 0.407. The van der Waals surface area contributed by atoms with Gasteiger partial charge in [0, 0.05) is 24.0 Å². The molecule has 1 aliphatic carbocycles. The van der Waals surface area contributed by atoms with Crippen molar-refractivity contribution in [1.29, 1.82) is 0 Å². The molecule has 3 heteroatoms. The second kappa shape index (κ2) is 8.59. The van der Waals surface area contributed by atoms with Crippen molar-refractivity contribution in [1.82, 2.24) is 9.88 Å². The van der Waals surface area contributed by atoms with Crippen molar-refractivity contribution >= 4 is 16.8 Å². The Labute approximate surface area is 179 Å². The van der Waals surface area contributed by atoms with Crippen LogP contribution in [-0.2, 0) is 0 Å². The number of pyridine rings is 1. The third kappa shape index (κ3) is 3.86. The zero-order valence-electron chi connectivity index (χ0n) is 17.6. The summed E-state index contributed by atoms with van der Waals surface area (Å²) in [5.74, 6) is 0.849. The number of fused-ring (bicyclic) bond motifs is 1. The topological polar surface area (TPSA) is 33.2 Å². The summed E-state index contributed by atoms with van der Waals surface area (Å²) >= 11 is 0. The van der Waals surface area contributed by atoms with E-state index in [2.05, 4.69) is 24.3 Å². The highest BCUT2D eigenvalue weighted by Crippen LogP contribution is 2.34. The summed E-state index contributed by atoms with van der Waals surface area (Å²) in [5.41, 5.74) is 5.11. The van der Waals surface area contributed by atoms with Crippen molar-refractivity contribution in [3.05, 3.63) is 65.7 Å². The Kier molecular flexibility index (Phi) is 5.52. The second-order valence-electron chi connectivity index (χ2n) is 8.88. The predicted molar refractivity (Wildman–Crippen MR) is 123 cm³/mol. The number of hydrogen-bond donors (Lipinski definition) is 0. The lowest BCUT2D eigenvalue weighted by molar-refractivity contribution is 0.0726. The predicted octanol–water partition coefficient (Wildman–Crippen LogP) is 6.58. The van der Waals surface area contributed by atoms with Gasteiger partial charge in [-0.25, -0.2) is 4.98 Å². The van der Waals surface area contributed by atoms with Crippen LogP contribution in [0, 0.1) is 0 Å². The molecule has 1 aliphatic heterocycles. The fourth-order valence-corrected chi connectivity index (χ4v) is 5.13. The third-order valence-electron chi connectivity index (χ3n) is 6.87. The van der Waals surface area contributed by atoms with Gasteiger partial charge in [0.25, 0.3) is 5.91 Å². The molecule has 0 spiro atoms. The van der Waals surface area contributed by atoms with E-state index in [0.717, 1.165) is 53.7 Å². The van der Waals surface area contributed by atoms with Crippen LogP contribution in [0.3, 0.4) is 0 Å². The number of amides is 1. The zero-order valence-corrected chi connectivity index (χ0v) is 17.6. The van der Waals surface area contributed by atoms with Gasteiger partial charge in [0.15, 0.2) is 0 Å². The van der Waals surface area contributed by atoms with Gasteiger partial charge in [0.2, 0.25) is 0 Å². The van der Waals surface area contributed by atoms with E-state index in [-0.39, 0.29) is 5.91 Å². The van der Waals surface area contributed by atoms with Gasteiger partial charge in [-0.15, -0.1) is 0 Å². The molecule has 154 valence electrons. The standard InChI is InChI=1S/C27H30N2O/c30-27(29-17-7-2-8-18-29)24-19-26(28-25-12-6-5-11-23(24)25)22-15-13-21(14-16-22)20-9-3-1-4-10-20/h5-6,11-16,19-20H,1-4,7-10,17-18H2. The van der Waals surface area contributed by atoms with E-state index in [0.29, 0.717) is 5.92 Å². The van der Waals surface area contributed by atoms with Gasteiger partial charge in [-0.2, -0.15) is 0 Å². The summed E-state index contributed by atoms with van der Waals surface area (Å²) in [5, 5.41) is 0.954. The zero-order chi connectivity index (χ0) is 20.3. The van der Waals surface area contributed by atoms with Crippen molar-refractivity contribution in [2.24, 2.45) is 0 Å². The third-order valence-corrected chi connectivity index (χ3v) is 6.87. The fourth-order valence-electron chi connectivity index (χ4n) is 5.13. The molecule has 0 unspecified atom stereocenters. The lowest BCUT2D eigenvalue weighted by Crippen LogP contribution is -2.35. The minimum atomic E-state index is 0.147. The molecular formula is C27H30N2O. The molecule has 2 heterocycles. The smallest absolute Gasteiger partial charge is 0.254 e. The number of likely N-dealkylation sites (tertiary alicyclic amines) is 1. The highest BCUT2D eigenvalue weighted by Gasteiger charge is 2.22. The minimum absolute atomic E-state index is 0.147. The maximum atomic E-state index is 13.4. The number of carbonyl (C=O) groups is 1. The number of para-hydroxylation sites is 1. The molecule has 3 aromatic rings. The van der Waals surface area contributed by atoms with E-state index in [1.54, 1.807) is 0 Å². The van der Waals surface area contributed by atoms with Gasteiger partial charge in [-0.05, 0) is 55.7 Å². The van der Waals surface area contributed by atoms with Crippen molar-refractivity contribution in [2.45, 2.75) is 57.3 Å². The SMILES string of the molecule is O=C(c1cc(-c2ccc(C3CCCCC3)cc2)nc2ccccc12)N1CCCCC1. The molecule has 1 saturated heterocycles. The van der Waals surface area contributed by atoms with Crippen molar-refractivity contribution in [3.8, 4) is 11.3 Å². The minimum Gasteiger partial charge on any atom is -0.339 e. The number of hydrogen-bond acceptors (Lipinski definition) is 2. The first-order chi connectivity index (χ1) is 14.8. The molecule has 1 aromatic heterocycles. The van der Waals surface area contributed by atoms with Crippen LogP contribution in [0.2, 0.25) is 0 Å². The summed E-state index contributed by atoms with van der Waals surface area (Å²) in [7, 11) is 0. The Balaban J connectivity index is 1.50. The maximum Gasteiger partial charge on any atom is 0.254 e. The normalized spacial score (nSPS) is 17.9. The Morgan fingerprint density at radius 1 is 0.833 bits per heavy atom. The molecule has 2 fully saturated rings. The maximum absolute atomic E-state index is 13.4. The van der Waals surface area contributed by atoms with Gasteiger partial charge in [-0.1, -0.05) is 61.7 Å². The molecule has 0 N–H and O–H groups in total. The lowest BCUT2D eigenvalue weighted by Gasteiger charge is -2.27. The quantitative estimate of drug-likeness (QED) is 0.499. The highest BCUT2D eigenvalue weighted by atomic mass is 16.2. The van der Waals surface area contributed by atoms with E-state index in [4.69, 9.17) is 4.98 Å². The molecular weight excluding hydrogens is 368 g/mol. The van der Waals surface area contributed by atoms with Crippen LogP contribution in [0.25, 0.3) is 22.2 Å². The second-order valence-corrected chi connectivity index (χ2v) is 8.88. The molecule has 0 radical (unpaired) electrons. The molecule has 3 nitrogen and oxygen atoms in total. The number of nitrogens with zero attached hydrogens (tertiary/aromatic N) is 2. The Bertz CT molecular complexity index is 1030. The van der Waals surface area contributed by atoms with Gasteiger partial charge < -0.3 is 4.90 Å². The first kappa shape index (κ1) is 19.3. The first-order valence-corrected chi connectivity index (χ1v) is 11.6. The van der Waals surface area contributed by atoms with Crippen LogP contribution in [0.15, 0.2) is 54.6 Å². The summed E-state index contributed by atoms with van der Waals surface area (Å²) < 4.78 is 0. The Morgan fingerprint density at radius 2 is 1.53 bits per heavy atom.